The summed E-state index contributed by atoms with van der Waals surface area (Å²) >= 11 is 0. The normalized spacial score (nSPS) is 14.1. The summed E-state index contributed by atoms with van der Waals surface area (Å²) < 4.78 is 0. The van der Waals surface area contributed by atoms with Gasteiger partial charge in [-0.15, -0.1) is 0 Å². The molecule has 82 valence electrons. The van der Waals surface area contributed by atoms with Crippen LogP contribution in [0.2, 0.25) is 0 Å². The molecule has 1 unspecified atom stereocenters. The fourth-order valence-corrected chi connectivity index (χ4v) is 1.34. The number of ketones is 1. The molecule has 0 aliphatic heterocycles. The molecule has 0 spiro atoms. The second kappa shape index (κ2) is 4.55. The van der Waals surface area contributed by atoms with Crippen molar-refractivity contribution in [3.05, 3.63) is 0 Å². The fourth-order valence-electron chi connectivity index (χ4n) is 1.34. The summed E-state index contributed by atoms with van der Waals surface area (Å²) in [6.07, 6.45) is -1.35. The van der Waals surface area contributed by atoms with Crippen molar-refractivity contribution in [3.8, 4) is 0 Å². The SMILES string of the molecule is CC(C)C(=O)C(C)(C)C(O)CC(=N)[O-]. The Labute approximate surface area is 84.5 Å². The van der Waals surface area contributed by atoms with E-state index in [1.165, 1.54) is 0 Å². The Balaban J connectivity index is 4.59. The van der Waals surface area contributed by atoms with Crippen LogP contribution in [0.25, 0.3) is 0 Å². The van der Waals surface area contributed by atoms with Crippen LogP contribution >= 0.6 is 0 Å². The maximum Gasteiger partial charge on any atom is 0.143 e. The molecular weight excluding hydrogens is 182 g/mol. The largest absolute Gasteiger partial charge is 0.862 e. The number of rotatable bonds is 5. The minimum absolute atomic E-state index is 0.0914. The zero-order chi connectivity index (χ0) is 11.5. The number of carbonyl (C=O) groups excluding carboxylic acids is 1. The lowest BCUT2D eigenvalue weighted by molar-refractivity contribution is -0.223. The van der Waals surface area contributed by atoms with Gasteiger partial charge in [0.25, 0.3) is 0 Å². The van der Waals surface area contributed by atoms with Gasteiger partial charge in [-0.25, -0.2) is 0 Å². The Morgan fingerprint density at radius 3 is 2.21 bits per heavy atom. The van der Waals surface area contributed by atoms with Crippen molar-refractivity contribution in [2.45, 2.75) is 40.2 Å². The topological polar surface area (TPSA) is 84.2 Å². The van der Waals surface area contributed by atoms with Crippen molar-refractivity contribution >= 4 is 11.7 Å². The molecular formula is C10H18NO3-. The van der Waals surface area contributed by atoms with Crippen molar-refractivity contribution in [2.75, 3.05) is 0 Å². The molecule has 0 aliphatic carbocycles. The van der Waals surface area contributed by atoms with Crippen molar-refractivity contribution in [2.24, 2.45) is 11.3 Å². The van der Waals surface area contributed by atoms with Crippen LogP contribution in [0.15, 0.2) is 0 Å². The zero-order valence-corrected chi connectivity index (χ0v) is 9.13. The number of hydrogen-bond acceptors (Lipinski definition) is 4. The van der Waals surface area contributed by atoms with Crippen LogP contribution in [0.3, 0.4) is 0 Å². The number of aliphatic hydroxyl groups excluding tert-OH is 1. The molecule has 14 heavy (non-hydrogen) atoms. The van der Waals surface area contributed by atoms with Gasteiger partial charge >= 0.3 is 0 Å². The summed E-state index contributed by atoms with van der Waals surface area (Å²) in [7, 11) is 0. The van der Waals surface area contributed by atoms with E-state index in [0.29, 0.717) is 0 Å². The lowest BCUT2D eigenvalue weighted by atomic mass is 9.76. The molecule has 0 aromatic rings. The Kier molecular flexibility index (Phi) is 4.26. The summed E-state index contributed by atoms with van der Waals surface area (Å²) in [4.78, 5) is 11.7. The second-order valence-corrected chi connectivity index (χ2v) is 4.38. The Hall–Kier alpha value is -0.900. The van der Waals surface area contributed by atoms with Crippen LogP contribution in [0.4, 0.5) is 0 Å². The van der Waals surface area contributed by atoms with Crippen LogP contribution in [0.1, 0.15) is 34.1 Å². The summed E-state index contributed by atoms with van der Waals surface area (Å²) in [5.74, 6) is -1.12. The molecule has 0 bridgehead atoms. The summed E-state index contributed by atoms with van der Waals surface area (Å²) in [6, 6.07) is 0. The Morgan fingerprint density at radius 1 is 1.50 bits per heavy atom. The zero-order valence-electron chi connectivity index (χ0n) is 9.13. The number of aliphatic hydroxyl groups is 1. The molecule has 0 aromatic carbocycles. The molecule has 0 heterocycles. The van der Waals surface area contributed by atoms with Crippen LogP contribution in [-0.4, -0.2) is 22.9 Å². The third-order valence-corrected chi connectivity index (χ3v) is 2.37. The van der Waals surface area contributed by atoms with Gasteiger partial charge in [-0.3, -0.25) is 4.79 Å². The third kappa shape index (κ3) is 3.10. The van der Waals surface area contributed by atoms with E-state index >= 15 is 0 Å². The summed E-state index contributed by atoms with van der Waals surface area (Å²) in [6.45, 7) is 6.70. The molecule has 0 saturated carbocycles. The van der Waals surface area contributed by atoms with Gasteiger partial charge < -0.3 is 15.6 Å². The molecule has 4 nitrogen and oxygen atoms in total. The quantitative estimate of drug-likeness (QED) is 0.495. The first kappa shape index (κ1) is 13.1. The third-order valence-electron chi connectivity index (χ3n) is 2.37. The highest BCUT2D eigenvalue weighted by Gasteiger charge is 2.36. The van der Waals surface area contributed by atoms with Crippen molar-refractivity contribution in [3.63, 3.8) is 0 Å². The van der Waals surface area contributed by atoms with Gasteiger partial charge in [0.2, 0.25) is 0 Å². The van der Waals surface area contributed by atoms with Crippen molar-refractivity contribution < 1.29 is 15.0 Å². The average Bonchev–Trinajstić information content (AvgIpc) is 2.01. The van der Waals surface area contributed by atoms with Gasteiger partial charge in [0.15, 0.2) is 0 Å². The number of Topliss-reactive ketones (excluding diaryl/α,β-unsaturated/α-hetero) is 1. The maximum atomic E-state index is 11.7. The first-order chi connectivity index (χ1) is 6.19. The maximum absolute atomic E-state index is 11.7. The van der Waals surface area contributed by atoms with Crippen LogP contribution in [0, 0.1) is 16.7 Å². The van der Waals surface area contributed by atoms with Crippen LogP contribution in [-0.2, 0) is 4.79 Å². The van der Waals surface area contributed by atoms with Crippen LogP contribution in [0.5, 0.6) is 0 Å². The standard InChI is InChI=1S/C10H19NO3/c1-6(2)9(14)10(3,4)7(12)5-8(11)13/h6-7,12H,5H2,1-4H3,(H2,11,13)/p-1. The van der Waals surface area contributed by atoms with Gasteiger partial charge in [-0.2, -0.15) is 0 Å². The number of nitrogens with one attached hydrogen (secondary N) is 1. The molecule has 0 amide bonds. The van der Waals surface area contributed by atoms with Gasteiger partial charge in [0, 0.05) is 17.8 Å². The van der Waals surface area contributed by atoms with E-state index < -0.39 is 17.4 Å². The van der Waals surface area contributed by atoms with Crippen molar-refractivity contribution in [1.29, 1.82) is 5.41 Å². The Morgan fingerprint density at radius 2 is 1.93 bits per heavy atom. The molecule has 0 fully saturated rings. The van der Waals surface area contributed by atoms with Gasteiger partial charge in [-0.05, 0) is 5.90 Å². The van der Waals surface area contributed by atoms with E-state index in [0.717, 1.165) is 0 Å². The summed E-state index contributed by atoms with van der Waals surface area (Å²) in [5.41, 5.74) is -0.953. The van der Waals surface area contributed by atoms with Crippen LogP contribution < -0.4 is 5.11 Å². The highest BCUT2D eigenvalue weighted by Crippen LogP contribution is 2.27. The first-order valence-electron chi connectivity index (χ1n) is 4.66. The minimum Gasteiger partial charge on any atom is -0.862 e. The second-order valence-electron chi connectivity index (χ2n) is 4.38. The minimum atomic E-state index is -1.07. The molecule has 2 N–H and O–H groups in total. The average molecular weight is 200 g/mol. The fraction of sp³-hybridized carbons (Fsp3) is 0.800. The van der Waals surface area contributed by atoms with E-state index in [2.05, 4.69) is 0 Å². The molecule has 0 rings (SSSR count). The summed E-state index contributed by atoms with van der Waals surface area (Å²) in [5, 5.41) is 26.8. The van der Waals surface area contributed by atoms with E-state index in [1.807, 2.05) is 0 Å². The highest BCUT2D eigenvalue weighted by molar-refractivity contribution is 5.87. The highest BCUT2D eigenvalue weighted by atomic mass is 16.3. The van der Waals surface area contributed by atoms with Gasteiger partial charge in [0.1, 0.15) is 5.78 Å². The Bertz CT molecular complexity index is 234. The lowest BCUT2D eigenvalue weighted by Crippen LogP contribution is -2.42. The van der Waals surface area contributed by atoms with Crippen molar-refractivity contribution in [1.82, 2.24) is 0 Å². The predicted octanol–water partition coefficient (Wildman–Crippen LogP) is 0.326. The molecule has 0 aliphatic rings. The predicted molar refractivity (Wildman–Crippen MR) is 52.0 cm³/mol. The first-order valence-corrected chi connectivity index (χ1v) is 4.66. The number of hydrogen-bond donors (Lipinski definition) is 2. The molecule has 4 heteroatoms. The van der Waals surface area contributed by atoms with E-state index in [4.69, 9.17) is 5.41 Å². The smallest absolute Gasteiger partial charge is 0.143 e. The van der Waals surface area contributed by atoms with E-state index in [-0.39, 0.29) is 18.1 Å². The molecule has 1 atom stereocenters. The number of carbonyl (C=O) groups is 1. The van der Waals surface area contributed by atoms with E-state index in [9.17, 15) is 15.0 Å². The molecule has 0 radical (unpaired) electrons. The van der Waals surface area contributed by atoms with E-state index in [1.54, 1.807) is 27.7 Å². The van der Waals surface area contributed by atoms with Gasteiger partial charge in [0.05, 0.1) is 6.10 Å². The monoisotopic (exact) mass is 200 g/mol. The van der Waals surface area contributed by atoms with Gasteiger partial charge in [-0.1, -0.05) is 27.7 Å². The lowest BCUT2D eigenvalue weighted by Gasteiger charge is -2.31. The molecule has 0 aromatic heterocycles. The molecule has 0 saturated heterocycles.